The standard InChI is InChI=1S/C19H20ClN3O3/c1-26-19(25)17-10-15(22-18(24)16-7-2-3-8-21-16)12-23(17)11-13-5-4-6-14(20)9-13/h2-9,15,17H,10-12H2,1H3,(H,22,24)/t15-,17+/m1/s1. The Labute approximate surface area is 157 Å². The van der Waals surface area contributed by atoms with Crippen LogP contribution in [0.15, 0.2) is 48.7 Å². The van der Waals surface area contributed by atoms with Crippen LogP contribution >= 0.6 is 11.6 Å². The van der Waals surface area contributed by atoms with E-state index >= 15 is 0 Å². The highest BCUT2D eigenvalue weighted by Gasteiger charge is 2.38. The maximum absolute atomic E-state index is 12.3. The van der Waals surface area contributed by atoms with Gasteiger partial charge in [-0.2, -0.15) is 0 Å². The number of rotatable bonds is 5. The van der Waals surface area contributed by atoms with E-state index in [0.717, 1.165) is 5.56 Å². The predicted octanol–water partition coefficient (Wildman–Crippen LogP) is 2.28. The van der Waals surface area contributed by atoms with E-state index in [1.54, 1.807) is 24.4 Å². The number of aromatic nitrogens is 1. The Kier molecular flexibility index (Phi) is 5.85. The third-order valence-corrected chi connectivity index (χ3v) is 4.62. The summed E-state index contributed by atoms with van der Waals surface area (Å²) >= 11 is 6.05. The maximum Gasteiger partial charge on any atom is 0.323 e. The molecular weight excluding hydrogens is 354 g/mol. The lowest BCUT2D eigenvalue weighted by Crippen LogP contribution is -2.38. The molecule has 1 amide bonds. The minimum absolute atomic E-state index is 0.159. The molecule has 1 N–H and O–H groups in total. The van der Waals surface area contributed by atoms with Gasteiger partial charge in [0, 0.05) is 30.4 Å². The first kappa shape index (κ1) is 18.4. The topological polar surface area (TPSA) is 71.5 Å². The number of likely N-dealkylation sites (tertiary alicyclic amines) is 1. The molecule has 3 rings (SSSR count). The predicted molar refractivity (Wildman–Crippen MR) is 97.8 cm³/mol. The van der Waals surface area contributed by atoms with Crippen molar-refractivity contribution in [3.05, 3.63) is 64.9 Å². The molecular formula is C19H20ClN3O3. The summed E-state index contributed by atoms with van der Waals surface area (Å²) < 4.78 is 4.93. The molecule has 0 spiro atoms. The molecule has 136 valence electrons. The number of hydrogen-bond donors (Lipinski definition) is 1. The smallest absolute Gasteiger partial charge is 0.323 e. The second-order valence-electron chi connectivity index (χ2n) is 6.22. The molecule has 2 heterocycles. The maximum atomic E-state index is 12.3. The van der Waals surface area contributed by atoms with Gasteiger partial charge in [-0.05, 0) is 36.2 Å². The van der Waals surface area contributed by atoms with Crippen molar-refractivity contribution in [2.75, 3.05) is 13.7 Å². The van der Waals surface area contributed by atoms with E-state index in [0.29, 0.717) is 30.2 Å². The number of pyridine rings is 1. The highest BCUT2D eigenvalue weighted by Crippen LogP contribution is 2.23. The van der Waals surface area contributed by atoms with Crippen LogP contribution in [0.25, 0.3) is 0 Å². The summed E-state index contributed by atoms with van der Waals surface area (Å²) in [6.45, 7) is 1.10. The number of ether oxygens (including phenoxy) is 1. The zero-order valence-corrected chi connectivity index (χ0v) is 15.1. The Morgan fingerprint density at radius 2 is 2.15 bits per heavy atom. The Bertz CT molecular complexity index is 785. The summed E-state index contributed by atoms with van der Waals surface area (Å²) in [4.78, 5) is 30.6. The van der Waals surface area contributed by atoms with Crippen molar-refractivity contribution in [2.45, 2.75) is 25.0 Å². The van der Waals surface area contributed by atoms with Gasteiger partial charge in [-0.15, -0.1) is 0 Å². The minimum Gasteiger partial charge on any atom is -0.468 e. The van der Waals surface area contributed by atoms with E-state index in [9.17, 15) is 9.59 Å². The lowest BCUT2D eigenvalue weighted by Gasteiger charge is -2.22. The monoisotopic (exact) mass is 373 g/mol. The highest BCUT2D eigenvalue weighted by atomic mass is 35.5. The van der Waals surface area contributed by atoms with Crippen LogP contribution in [0.3, 0.4) is 0 Å². The molecule has 0 saturated carbocycles. The third kappa shape index (κ3) is 4.39. The van der Waals surface area contributed by atoms with Gasteiger partial charge < -0.3 is 10.1 Å². The van der Waals surface area contributed by atoms with Gasteiger partial charge in [0.15, 0.2) is 0 Å². The van der Waals surface area contributed by atoms with E-state index in [4.69, 9.17) is 16.3 Å². The van der Waals surface area contributed by atoms with E-state index in [1.165, 1.54) is 7.11 Å². The van der Waals surface area contributed by atoms with E-state index in [-0.39, 0.29) is 17.9 Å². The number of amides is 1. The fourth-order valence-electron chi connectivity index (χ4n) is 3.19. The summed E-state index contributed by atoms with van der Waals surface area (Å²) in [7, 11) is 1.37. The van der Waals surface area contributed by atoms with Crippen LogP contribution in [0.4, 0.5) is 0 Å². The molecule has 7 heteroatoms. The summed E-state index contributed by atoms with van der Waals surface area (Å²) in [6, 6.07) is 12.1. The lowest BCUT2D eigenvalue weighted by molar-refractivity contribution is -0.146. The summed E-state index contributed by atoms with van der Waals surface area (Å²) in [5.41, 5.74) is 1.36. The Morgan fingerprint density at radius 3 is 2.85 bits per heavy atom. The number of hydrogen-bond acceptors (Lipinski definition) is 5. The molecule has 1 saturated heterocycles. The van der Waals surface area contributed by atoms with Gasteiger partial charge in [-0.1, -0.05) is 29.8 Å². The summed E-state index contributed by atoms with van der Waals surface area (Å²) in [6.07, 6.45) is 2.07. The Morgan fingerprint density at radius 1 is 1.31 bits per heavy atom. The van der Waals surface area contributed by atoms with Crippen molar-refractivity contribution in [2.24, 2.45) is 0 Å². The van der Waals surface area contributed by atoms with Crippen molar-refractivity contribution in [3.8, 4) is 0 Å². The Balaban J connectivity index is 1.70. The molecule has 6 nitrogen and oxygen atoms in total. The zero-order valence-electron chi connectivity index (χ0n) is 14.4. The molecule has 1 aromatic heterocycles. The van der Waals surface area contributed by atoms with Gasteiger partial charge >= 0.3 is 5.97 Å². The van der Waals surface area contributed by atoms with Crippen molar-refractivity contribution >= 4 is 23.5 Å². The van der Waals surface area contributed by atoms with Gasteiger partial charge in [0.05, 0.1) is 7.11 Å². The van der Waals surface area contributed by atoms with Crippen LogP contribution in [0.5, 0.6) is 0 Å². The van der Waals surface area contributed by atoms with Crippen LogP contribution < -0.4 is 5.32 Å². The molecule has 2 aromatic rings. The summed E-state index contributed by atoms with van der Waals surface area (Å²) in [5.74, 6) is -0.551. The molecule has 0 radical (unpaired) electrons. The average Bonchev–Trinajstić information content (AvgIpc) is 3.04. The van der Waals surface area contributed by atoms with Crippen LogP contribution in [0.1, 0.15) is 22.5 Å². The molecule has 1 aliphatic heterocycles. The molecule has 0 aliphatic carbocycles. The van der Waals surface area contributed by atoms with Crippen LogP contribution in [0, 0.1) is 0 Å². The van der Waals surface area contributed by atoms with Gasteiger partial charge in [0.1, 0.15) is 11.7 Å². The van der Waals surface area contributed by atoms with Crippen LogP contribution in [-0.4, -0.2) is 47.5 Å². The fourth-order valence-corrected chi connectivity index (χ4v) is 3.40. The number of methoxy groups -OCH3 is 1. The van der Waals surface area contributed by atoms with Crippen molar-refractivity contribution in [3.63, 3.8) is 0 Å². The van der Waals surface area contributed by atoms with E-state index < -0.39 is 6.04 Å². The normalized spacial score (nSPS) is 19.9. The molecule has 1 aliphatic rings. The number of carbonyl (C=O) groups excluding carboxylic acids is 2. The van der Waals surface area contributed by atoms with Gasteiger partial charge in [-0.25, -0.2) is 0 Å². The molecule has 1 fully saturated rings. The largest absolute Gasteiger partial charge is 0.468 e. The van der Waals surface area contributed by atoms with Crippen LogP contribution in [0.2, 0.25) is 5.02 Å². The van der Waals surface area contributed by atoms with Crippen molar-refractivity contribution in [1.82, 2.24) is 15.2 Å². The fraction of sp³-hybridized carbons (Fsp3) is 0.316. The first-order chi connectivity index (χ1) is 12.6. The van der Waals surface area contributed by atoms with E-state index in [1.807, 2.05) is 29.2 Å². The highest BCUT2D eigenvalue weighted by molar-refractivity contribution is 6.30. The van der Waals surface area contributed by atoms with Gasteiger partial charge in [0.2, 0.25) is 0 Å². The molecule has 1 aromatic carbocycles. The zero-order chi connectivity index (χ0) is 18.5. The van der Waals surface area contributed by atoms with Gasteiger partial charge in [0.25, 0.3) is 5.91 Å². The third-order valence-electron chi connectivity index (χ3n) is 4.38. The quantitative estimate of drug-likeness (QED) is 0.814. The number of halogens is 1. The summed E-state index contributed by atoms with van der Waals surface area (Å²) in [5, 5.41) is 3.60. The van der Waals surface area contributed by atoms with Crippen LogP contribution in [-0.2, 0) is 16.1 Å². The van der Waals surface area contributed by atoms with E-state index in [2.05, 4.69) is 10.3 Å². The number of nitrogens with zero attached hydrogens (tertiary/aromatic N) is 2. The van der Waals surface area contributed by atoms with Gasteiger partial charge in [-0.3, -0.25) is 19.5 Å². The van der Waals surface area contributed by atoms with Crippen molar-refractivity contribution in [1.29, 1.82) is 0 Å². The molecule has 0 unspecified atom stereocenters. The molecule has 2 atom stereocenters. The van der Waals surface area contributed by atoms with Crippen molar-refractivity contribution < 1.29 is 14.3 Å². The second-order valence-corrected chi connectivity index (χ2v) is 6.66. The number of esters is 1. The number of carbonyl (C=O) groups is 2. The second kappa shape index (κ2) is 8.29. The molecule has 26 heavy (non-hydrogen) atoms. The average molecular weight is 374 g/mol. The minimum atomic E-state index is -0.409. The Hall–Kier alpha value is -2.44. The lowest BCUT2D eigenvalue weighted by atomic mass is 10.1. The number of nitrogens with one attached hydrogen (secondary N) is 1. The first-order valence-electron chi connectivity index (χ1n) is 8.35. The SMILES string of the molecule is COC(=O)[C@@H]1C[C@@H](NC(=O)c2ccccn2)CN1Cc1cccc(Cl)c1. The number of benzene rings is 1. The molecule has 0 bridgehead atoms. The first-order valence-corrected chi connectivity index (χ1v) is 8.73.